The molecule has 2 aromatic heterocycles. The van der Waals surface area contributed by atoms with Gasteiger partial charge in [-0.05, 0) is 32.0 Å². The Morgan fingerprint density at radius 3 is 2.68 bits per heavy atom. The molecule has 1 aromatic carbocycles. The Morgan fingerprint density at radius 2 is 2.00 bits per heavy atom. The first-order valence-corrected chi connectivity index (χ1v) is 7.87. The van der Waals surface area contributed by atoms with E-state index in [1.54, 1.807) is 12.1 Å². The van der Waals surface area contributed by atoms with Crippen LogP contribution in [0.4, 0.5) is 0 Å². The van der Waals surface area contributed by atoms with Gasteiger partial charge in [0.15, 0.2) is 6.61 Å². The number of ether oxygens (including phenoxy) is 1. The molecule has 0 aliphatic rings. The van der Waals surface area contributed by atoms with Crippen LogP contribution in [0.1, 0.15) is 27.3 Å². The van der Waals surface area contributed by atoms with Crippen molar-refractivity contribution in [3.8, 4) is 5.75 Å². The summed E-state index contributed by atoms with van der Waals surface area (Å²) in [5.74, 6) is -0.638. The lowest BCUT2D eigenvalue weighted by Crippen LogP contribution is -2.16. The number of nitrogens with zero attached hydrogens (tertiary/aromatic N) is 1. The highest BCUT2D eigenvalue weighted by molar-refractivity contribution is 5.99. The van der Waals surface area contributed by atoms with E-state index < -0.39 is 5.97 Å². The summed E-state index contributed by atoms with van der Waals surface area (Å²) in [7, 11) is 1.88. The highest BCUT2D eigenvalue weighted by atomic mass is 16.5. The molecular formula is C19H19NO5. The second-order valence-corrected chi connectivity index (χ2v) is 6.05. The summed E-state index contributed by atoms with van der Waals surface area (Å²) in [6.07, 6.45) is 1.45. The molecular weight excluding hydrogens is 322 g/mol. The Morgan fingerprint density at radius 1 is 1.24 bits per heavy atom. The zero-order valence-corrected chi connectivity index (χ0v) is 14.3. The maximum atomic E-state index is 12.3. The lowest BCUT2D eigenvalue weighted by molar-refractivity contribution is -0.141. The SMILES string of the molecule is Cc1cc(C(=O)COC(=O)Cc2coc3cc(O)ccc23)c(C)n1C. The molecule has 0 unspecified atom stereocenters. The van der Waals surface area contributed by atoms with Crippen molar-refractivity contribution in [2.24, 2.45) is 7.05 Å². The van der Waals surface area contributed by atoms with Crippen molar-refractivity contribution in [2.45, 2.75) is 20.3 Å². The average Bonchev–Trinajstić information content (AvgIpc) is 3.08. The second-order valence-electron chi connectivity index (χ2n) is 6.05. The van der Waals surface area contributed by atoms with Gasteiger partial charge >= 0.3 is 5.97 Å². The molecule has 0 saturated carbocycles. The summed E-state index contributed by atoms with van der Waals surface area (Å²) in [4.78, 5) is 24.3. The normalized spacial score (nSPS) is 11.0. The smallest absolute Gasteiger partial charge is 0.310 e. The zero-order valence-electron chi connectivity index (χ0n) is 14.3. The number of carbonyl (C=O) groups is 2. The second kappa shape index (κ2) is 6.47. The molecule has 6 heteroatoms. The maximum absolute atomic E-state index is 12.3. The number of Topliss-reactive ketones (excluding diaryl/α,β-unsaturated/α-hetero) is 1. The topological polar surface area (TPSA) is 81.7 Å². The van der Waals surface area contributed by atoms with E-state index in [0.29, 0.717) is 16.7 Å². The number of rotatable bonds is 5. The number of benzene rings is 1. The average molecular weight is 341 g/mol. The molecule has 3 aromatic rings. The maximum Gasteiger partial charge on any atom is 0.310 e. The van der Waals surface area contributed by atoms with E-state index in [2.05, 4.69) is 0 Å². The number of ketones is 1. The summed E-state index contributed by atoms with van der Waals surface area (Å²) >= 11 is 0. The lowest BCUT2D eigenvalue weighted by atomic mass is 10.1. The van der Waals surface area contributed by atoms with Crippen molar-refractivity contribution >= 4 is 22.7 Å². The van der Waals surface area contributed by atoms with Crippen LogP contribution in [-0.2, 0) is 23.0 Å². The minimum atomic E-state index is -0.505. The van der Waals surface area contributed by atoms with Gasteiger partial charge in [-0.1, -0.05) is 0 Å². The van der Waals surface area contributed by atoms with E-state index in [4.69, 9.17) is 9.15 Å². The molecule has 25 heavy (non-hydrogen) atoms. The van der Waals surface area contributed by atoms with Gasteiger partial charge in [0.05, 0.1) is 12.7 Å². The summed E-state index contributed by atoms with van der Waals surface area (Å²) in [5.41, 5.74) is 3.53. The van der Waals surface area contributed by atoms with E-state index in [1.165, 1.54) is 18.4 Å². The largest absolute Gasteiger partial charge is 0.508 e. The first kappa shape index (κ1) is 16.8. The van der Waals surface area contributed by atoms with E-state index in [-0.39, 0.29) is 24.6 Å². The number of esters is 1. The Bertz CT molecular complexity index is 964. The van der Waals surface area contributed by atoms with Crippen LogP contribution in [0, 0.1) is 13.8 Å². The van der Waals surface area contributed by atoms with Gasteiger partial charge in [0.1, 0.15) is 11.3 Å². The third-order valence-electron chi connectivity index (χ3n) is 4.41. The van der Waals surface area contributed by atoms with Crippen molar-refractivity contribution in [3.05, 3.63) is 53.0 Å². The Labute approximate surface area is 144 Å². The molecule has 3 rings (SSSR count). The summed E-state index contributed by atoms with van der Waals surface area (Å²) in [6.45, 7) is 3.48. The van der Waals surface area contributed by atoms with Gasteiger partial charge in [0, 0.05) is 41.0 Å². The number of aromatic nitrogens is 1. The van der Waals surface area contributed by atoms with Crippen molar-refractivity contribution in [1.29, 1.82) is 0 Å². The summed E-state index contributed by atoms with van der Waals surface area (Å²) in [6, 6.07) is 6.48. The number of phenolic OH excluding ortho intramolecular Hbond substituents is 1. The van der Waals surface area contributed by atoms with E-state index in [1.807, 2.05) is 25.5 Å². The first-order valence-electron chi connectivity index (χ1n) is 7.87. The van der Waals surface area contributed by atoms with Crippen LogP contribution in [0.2, 0.25) is 0 Å². The Kier molecular flexibility index (Phi) is 4.35. The van der Waals surface area contributed by atoms with Gasteiger partial charge in [-0.25, -0.2) is 0 Å². The number of phenols is 1. The molecule has 0 amide bonds. The third-order valence-corrected chi connectivity index (χ3v) is 4.41. The van der Waals surface area contributed by atoms with Crippen molar-refractivity contribution in [1.82, 2.24) is 4.57 Å². The number of hydrogen-bond acceptors (Lipinski definition) is 5. The van der Waals surface area contributed by atoms with Gasteiger partial charge in [-0.3, -0.25) is 9.59 Å². The fourth-order valence-corrected chi connectivity index (χ4v) is 2.78. The van der Waals surface area contributed by atoms with Crippen LogP contribution in [0.3, 0.4) is 0 Å². The Hall–Kier alpha value is -3.02. The summed E-state index contributed by atoms with van der Waals surface area (Å²) < 4.78 is 12.4. The van der Waals surface area contributed by atoms with E-state index in [0.717, 1.165) is 16.8 Å². The molecule has 0 atom stereocenters. The fourth-order valence-electron chi connectivity index (χ4n) is 2.78. The molecule has 1 N–H and O–H groups in total. The van der Waals surface area contributed by atoms with Crippen LogP contribution in [0.5, 0.6) is 5.75 Å². The van der Waals surface area contributed by atoms with Crippen LogP contribution in [-0.4, -0.2) is 28.0 Å². The molecule has 0 spiro atoms. The van der Waals surface area contributed by atoms with Crippen molar-refractivity contribution < 1.29 is 23.8 Å². The van der Waals surface area contributed by atoms with Gasteiger partial charge in [0.25, 0.3) is 0 Å². The van der Waals surface area contributed by atoms with Crippen molar-refractivity contribution in [3.63, 3.8) is 0 Å². The molecule has 2 heterocycles. The van der Waals surface area contributed by atoms with Crippen LogP contribution in [0.15, 0.2) is 34.9 Å². The molecule has 6 nitrogen and oxygen atoms in total. The molecule has 0 aliphatic heterocycles. The number of hydrogen-bond donors (Lipinski definition) is 1. The zero-order chi connectivity index (χ0) is 18.1. The van der Waals surface area contributed by atoms with Crippen LogP contribution in [0.25, 0.3) is 11.0 Å². The highest BCUT2D eigenvalue weighted by Gasteiger charge is 2.17. The number of fused-ring (bicyclic) bond motifs is 1. The third kappa shape index (κ3) is 3.28. The first-order chi connectivity index (χ1) is 11.9. The number of aromatic hydroxyl groups is 1. The monoisotopic (exact) mass is 341 g/mol. The minimum absolute atomic E-state index is 0.00213. The van der Waals surface area contributed by atoms with Crippen LogP contribution < -0.4 is 0 Å². The molecule has 0 radical (unpaired) electrons. The Balaban J connectivity index is 1.64. The predicted octanol–water partition coefficient (Wildman–Crippen LogP) is 3.06. The number of furan rings is 1. The number of aryl methyl sites for hydroxylation is 1. The van der Waals surface area contributed by atoms with E-state index in [9.17, 15) is 14.7 Å². The quantitative estimate of drug-likeness (QED) is 0.570. The van der Waals surface area contributed by atoms with Crippen LogP contribution >= 0.6 is 0 Å². The lowest BCUT2D eigenvalue weighted by Gasteiger charge is -2.04. The standard InChI is InChI=1S/C19H19NO5/c1-11-6-16(12(2)20(11)3)17(22)10-25-19(23)7-13-9-24-18-8-14(21)4-5-15(13)18/h4-6,8-9,21H,7,10H2,1-3H3. The van der Waals surface area contributed by atoms with Crippen molar-refractivity contribution in [2.75, 3.05) is 6.61 Å². The minimum Gasteiger partial charge on any atom is -0.508 e. The molecule has 130 valence electrons. The summed E-state index contributed by atoms with van der Waals surface area (Å²) in [5, 5.41) is 10.2. The fraction of sp³-hybridized carbons (Fsp3) is 0.263. The molecule has 0 bridgehead atoms. The highest BCUT2D eigenvalue weighted by Crippen LogP contribution is 2.25. The van der Waals surface area contributed by atoms with Gasteiger partial charge < -0.3 is 18.8 Å². The molecule has 0 aliphatic carbocycles. The van der Waals surface area contributed by atoms with Gasteiger partial charge in [0.2, 0.25) is 5.78 Å². The number of carbonyl (C=O) groups excluding carboxylic acids is 2. The molecule has 0 fully saturated rings. The van der Waals surface area contributed by atoms with Gasteiger partial charge in [-0.15, -0.1) is 0 Å². The molecule has 0 saturated heterocycles. The predicted molar refractivity (Wildman–Crippen MR) is 91.8 cm³/mol. The van der Waals surface area contributed by atoms with Gasteiger partial charge in [-0.2, -0.15) is 0 Å². The van der Waals surface area contributed by atoms with E-state index >= 15 is 0 Å².